The van der Waals surface area contributed by atoms with Crippen molar-refractivity contribution in [3.8, 4) is 0 Å². The molecule has 3 nitrogen and oxygen atoms in total. The summed E-state index contributed by atoms with van der Waals surface area (Å²) in [6, 6.07) is 10.2. The molecule has 2 fully saturated rings. The van der Waals surface area contributed by atoms with Crippen LogP contribution in [0.15, 0.2) is 24.3 Å². The van der Waals surface area contributed by atoms with Crippen LogP contribution in [0.3, 0.4) is 0 Å². The second-order valence-corrected chi connectivity index (χ2v) is 5.66. The summed E-state index contributed by atoms with van der Waals surface area (Å²) in [7, 11) is 2.29. The average molecular weight is 245 g/mol. The number of fused-ring (bicyclic) bond motifs is 2. The van der Waals surface area contributed by atoms with E-state index in [1.807, 2.05) is 0 Å². The molecular formula is C15H23N3. The van der Waals surface area contributed by atoms with E-state index in [1.165, 1.54) is 43.6 Å². The lowest BCUT2D eigenvalue weighted by Crippen LogP contribution is -2.36. The molecule has 0 aliphatic carbocycles. The molecule has 2 bridgehead atoms. The van der Waals surface area contributed by atoms with Gasteiger partial charge in [-0.3, -0.25) is 4.90 Å². The van der Waals surface area contributed by atoms with Crippen LogP contribution in [0.1, 0.15) is 24.8 Å². The molecule has 3 rings (SSSR count). The number of nitrogens with zero attached hydrogens (tertiary/aromatic N) is 2. The van der Waals surface area contributed by atoms with Crippen LogP contribution in [-0.4, -0.2) is 37.1 Å². The van der Waals surface area contributed by atoms with Crippen molar-refractivity contribution in [3.05, 3.63) is 29.8 Å². The second kappa shape index (κ2) is 4.90. The fourth-order valence-corrected chi connectivity index (χ4v) is 3.42. The number of likely N-dealkylation sites (N-methyl/N-ethyl adjacent to an activating group) is 1. The Morgan fingerprint density at radius 2 is 2.06 bits per heavy atom. The van der Waals surface area contributed by atoms with E-state index in [-0.39, 0.29) is 0 Å². The second-order valence-electron chi connectivity index (χ2n) is 5.66. The molecule has 0 saturated carbocycles. The first kappa shape index (κ1) is 12.0. The zero-order chi connectivity index (χ0) is 12.5. The predicted octanol–water partition coefficient (Wildman–Crippen LogP) is 1.82. The summed E-state index contributed by atoms with van der Waals surface area (Å²) < 4.78 is 0. The Morgan fingerprint density at radius 3 is 2.89 bits per heavy atom. The number of hydrogen-bond acceptors (Lipinski definition) is 3. The summed E-state index contributed by atoms with van der Waals surface area (Å²) in [6.45, 7) is 2.98. The Kier molecular flexibility index (Phi) is 3.27. The SMILES string of the molecule is CN1C2CCC1CN(c1cccc(CN)c1)CC2. The van der Waals surface area contributed by atoms with Gasteiger partial charge in [0.1, 0.15) is 0 Å². The smallest absolute Gasteiger partial charge is 0.0369 e. The summed E-state index contributed by atoms with van der Waals surface area (Å²) >= 11 is 0. The minimum atomic E-state index is 0.633. The Labute approximate surface area is 110 Å². The van der Waals surface area contributed by atoms with E-state index >= 15 is 0 Å². The molecule has 18 heavy (non-hydrogen) atoms. The molecule has 0 amide bonds. The monoisotopic (exact) mass is 245 g/mol. The van der Waals surface area contributed by atoms with Gasteiger partial charge in [0.25, 0.3) is 0 Å². The Morgan fingerprint density at radius 1 is 1.22 bits per heavy atom. The third-order valence-electron chi connectivity index (χ3n) is 4.66. The summed E-state index contributed by atoms with van der Waals surface area (Å²) in [4.78, 5) is 5.13. The summed E-state index contributed by atoms with van der Waals surface area (Å²) in [5.74, 6) is 0. The number of benzene rings is 1. The van der Waals surface area contributed by atoms with Crippen molar-refractivity contribution in [2.75, 3.05) is 25.0 Å². The number of rotatable bonds is 2. The number of nitrogens with two attached hydrogens (primary N) is 1. The molecule has 0 radical (unpaired) electrons. The van der Waals surface area contributed by atoms with Gasteiger partial charge in [0.2, 0.25) is 0 Å². The van der Waals surface area contributed by atoms with Crippen molar-refractivity contribution >= 4 is 5.69 Å². The highest BCUT2D eigenvalue weighted by Crippen LogP contribution is 2.30. The molecule has 2 saturated heterocycles. The van der Waals surface area contributed by atoms with E-state index in [4.69, 9.17) is 5.73 Å². The Hall–Kier alpha value is -1.06. The maximum absolute atomic E-state index is 5.73. The highest BCUT2D eigenvalue weighted by atomic mass is 15.3. The van der Waals surface area contributed by atoms with Gasteiger partial charge in [0.15, 0.2) is 0 Å². The maximum atomic E-state index is 5.73. The van der Waals surface area contributed by atoms with Crippen molar-refractivity contribution in [1.29, 1.82) is 0 Å². The minimum Gasteiger partial charge on any atom is -0.370 e. The van der Waals surface area contributed by atoms with E-state index in [0.29, 0.717) is 6.54 Å². The molecule has 2 N–H and O–H groups in total. The normalized spacial score (nSPS) is 28.4. The zero-order valence-corrected chi connectivity index (χ0v) is 11.2. The summed E-state index contributed by atoms with van der Waals surface area (Å²) in [6.07, 6.45) is 4.03. The molecule has 2 aliphatic rings. The third-order valence-corrected chi connectivity index (χ3v) is 4.66. The van der Waals surface area contributed by atoms with E-state index in [1.54, 1.807) is 0 Å². The quantitative estimate of drug-likeness (QED) is 0.862. The Bertz CT molecular complexity index is 418. The van der Waals surface area contributed by atoms with Crippen LogP contribution in [0, 0.1) is 0 Å². The molecule has 2 heterocycles. The van der Waals surface area contributed by atoms with Gasteiger partial charge in [-0.25, -0.2) is 0 Å². The van der Waals surface area contributed by atoms with Crippen LogP contribution in [0.25, 0.3) is 0 Å². The van der Waals surface area contributed by atoms with Crippen LogP contribution in [0.5, 0.6) is 0 Å². The van der Waals surface area contributed by atoms with Gasteiger partial charge in [-0.2, -0.15) is 0 Å². The van der Waals surface area contributed by atoms with Crippen LogP contribution in [0.2, 0.25) is 0 Å². The van der Waals surface area contributed by atoms with E-state index in [0.717, 1.165) is 12.1 Å². The van der Waals surface area contributed by atoms with Gasteiger partial charge < -0.3 is 10.6 Å². The van der Waals surface area contributed by atoms with Gasteiger partial charge >= 0.3 is 0 Å². The fraction of sp³-hybridized carbons (Fsp3) is 0.600. The van der Waals surface area contributed by atoms with Crippen molar-refractivity contribution in [1.82, 2.24) is 4.90 Å². The van der Waals surface area contributed by atoms with Crippen molar-refractivity contribution in [3.63, 3.8) is 0 Å². The fourth-order valence-electron chi connectivity index (χ4n) is 3.42. The lowest BCUT2D eigenvalue weighted by Gasteiger charge is -2.28. The first-order valence-electron chi connectivity index (χ1n) is 7.04. The maximum Gasteiger partial charge on any atom is 0.0369 e. The van der Waals surface area contributed by atoms with Gasteiger partial charge in [0.05, 0.1) is 0 Å². The van der Waals surface area contributed by atoms with E-state index < -0.39 is 0 Å². The highest BCUT2D eigenvalue weighted by Gasteiger charge is 2.34. The Balaban J connectivity index is 1.80. The van der Waals surface area contributed by atoms with Crippen molar-refractivity contribution in [2.45, 2.75) is 37.9 Å². The molecular weight excluding hydrogens is 222 g/mol. The highest BCUT2D eigenvalue weighted by molar-refractivity contribution is 5.49. The van der Waals surface area contributed by atoms with Crippen LogP contribution < -0.4 is 10.6 Å². The first-order valence-corrected chi connectivity index (χ1v) is 7.04. The lowest BCUT2D eigenvalue weighted by molar-refractivity contribution is 0.254. The van der Waals surface area contributed by atoms with E-state index in [9.17, 15) is 0 Å². The molecule has 0 aromatic heterocycles. The largest absolute Gasteiger partial charge is 0.370 e. The first-order chi connectivity index (χ1) is 8.78. The van der Waals surface area contributed by atoms with Crippen LogP contribution >= 0.6 is 0 Å². The van der Waals surface area contributed by atoms with Crippen molar-refractivity contribution < 1.29 is 0 Å². The van der Waals surface area contributed by atoms with Gasteiger partial charge in [-0.05, 0) is 44.0 Å². The molecule has 2 aliphatic heterocycles. The molecule has 1 aromatic rings. The van der Waals surface area contributed by atoms with Gasteiger partial charge in [-0.15, -0.1) is 0 Å². The minimum absolute atomic E-state index is 0.633. The third kappa shape index (κ3) is 2.13. The molecule has 0 spiro atoms. The number of hydrogen-bond donors (Lipinski definition) is 1. The number of anilines is 1. The van der Waals surface area contributed by atoms with Gasteiger partial charge in [-0.1, -0.05) is 12.1 Å². The predicted molar refractivity (Wildman–Crippen MR) is 75.7 cm³/mol. The van der Waals surface area contributed by atoms with E-state index in [2.05, 4.69) is 41.1 Å². The van der Waals surface area contributed by atoms with Crippen LogP contribution in [0.4, 0.5) is 5.69 Å². The molecule has 3 heteroatoms. The van der Waals surface area contributed by atoms with Gasteiger partial charge in [0, 0.05) is 37.4 Å². The molecule has 98 valence electrons. The standard InChI is InChI=1S/C15H23N3/c1-17-13-5-6-15(17)11-18(8-7-13)14-4-2-3-12(9-14)10-16/h2-4,9,13,15H,5-8,10-11,16H2,1H3. The zero-order valence-electron chi connectivity index (χ0n) is 11.2. The van der Waals surface area contributed by atoms with Crippen LogP contribution in [-0.2, 0) is 6.54 Å². The van der Waals surface area contributed by atoms with Crippen molar-refractivity contribution in [2.24, 2.45) is 5.73 Å². The molecule has 2 atom stereocenters. The topological polar surface area (TPSA) is 32.5 Å². The summed E-state index contributed by atoms with van der Waals surface area (Å²) in [5, 5.41) is 0. The average Bonchev–Trinajstić information content (AvgIpc) is 2.63. The summed E-state index contributed by atoms with van der Waals surface area (Å²) in [5.41, 5.74) is 8.31. The molecule has 1 aromatic carbocycles. The lowest BCUT2D eigenvalue weighted by atomic mass is 10.1. The molecule has 2 unspecified atom stereocenters.